The average molecular weight is 281 g/mol. The zero-order valence-corrected chi connectivity index (χ0v) is 10.4. The van der Waals surface area contributed by atoms with Crippen LogP contribution in [0.1, 0.15) is 10.4 Å². The van der Waals surface area contributed by atoms with E-state index in [1.54, 1.807) is 12.1 Å². The molecule has 0 radical (unpaired) electrons. The molecule has 0 aliphatic rings. The second-order valence-corrected chi connectivity index (χ2v) is 4.69. The van der Waals surface area contributed by atoms with Gasteiger partial charge in [-0.1, -0.05) is 23.9 Å². The minimum absolute atomic E-state index is 0.129. The first-order chi connectivity index (χ1) is 9.08. The molecule has 0 amide bonds. The normalized spacial score (nSPS) is 10.7. The van der Waals surface area contributed by atoms with Crippen LogP contribution in [0.2, 0.25) is 0 Å². The van der Waals surface area contributed by atoms with Crippen molar-refractivity contribution in [3.05, 3.63) is 48.3 Å². The molecule has 1 aromatic heterocycles. The third-order valence-corrected chi connectivity index (χ3v) is 3.16. The summed E-state index contributed by atoms with van der Waals surface area (Å²) in [4.78, 5) is 15.4. The van der Waals surface area contributed by atoms with Crippen molar-refractivity contribution < 1.29 is 18.7 Å². The molecule has 0 spiro atoms. The van der Waals surface area contributed by atoms with E-state index >= 15 is 0 Å². The van der Waals surface area contributed by atoms with Crippen LogP contribution in [0.5, 0.6) is 0 Å². The Hall–Kier alpha value is -1.95. The van der Waals surface area contributed by atoms with Gasteiger partial charge in [-0.2, -0.15) is 8.78 Å². The number of carboxylic acids is 1. The highest BCUT2D eigenvalue weighted by Gasteiger charge is 2.12. The van der Waals surface area contributed by atoms with E-state index in [9.17, 15) is 13.6 Å². The number of nitrogens with zero attached hydrogens (tertiary/aromatic N) is 1. The lowest BCUT2D eigenvalue weighted by Gasteiger charge is -2.06. The third-order valence-electron chi connectivity index (χ3n) is 2.44. The zero-order valence-electron chi connectivity index (χ0n) is 9.59. The highest BCUT2D eigenvalue weighted by atomic mass is 32.2. The van der Waals surface area contributed by atoms with Crippen LogP contribution in [0.4, 0.5) is 8.78 Å². The van der Waals surface area contributed by atoms with Crippen LogP contribution in [-0.2, 0) is 0 Å². The number of rotatable bonds is 4. The molecule has 98 valence electrons. The van der Waals surface area contributed by atoms with E-state index in [-0.39, 0.29) is 5.56 Å². The summed E-state index contributed by atoms with van der Waals surface area (Å²) >= 11 is 0.448. The van der Waals surface area contributed by atoms with Gasteiger partial charge in [0.25, 0.3) is 5.76 Å². The van der Waals surface area contributed by atoms with E-state index in [0.717, 1.165) is 0 Å². The van der Waals surface area contributed by atoms with E-state index in [1.807, 2.05) is 0 Å². The van der Waals surface area contributed by atoms with Gasteiger partial charge in [-0.15, -0.1) is 0 Å². The van der Waals surface area contributed by atoms with Gasteiger partial charge in [0.15, 0.2) is 0 Å². The predicted molar refractivity (Wildman–Crippen MR) is 68.5 cm³/mol. The first-order valence-corrected chi connectivity index (χ1v) is 6.18. The molecule has 3 nitrogen and oxygen atoms in total. The average Bonchev–Trinajstić information content (AvgIpc) is 2.39. The Morgan fingerprint density at radius 1 is 1.21 bits per heavy atom. The van der Waals surface area contributed by atoms with Gasteiger partial charge in [-0.3, -0.25) is 4.98 Å². The topological polar surface area (TPSA) is 50.2 Å². The van der Waals surface area contributed by atoms with E-state index in [4.69, 9.17) is 5.11 Å². The number of aromatic carboxylic acids is 1. The number of carboxylic acid groups (broad SMARTS) is 1. The number of hydrogen-bond donors (Lipinski definition) is 1. The number of alkyl halides is 2. The van der Waals surface area contributed by atoms with Crippen molar-refractivity contribution in [3.8, 4) is 11.1 Å². The Kier molecular flexibility index (Phi) is 4.11. The van der Waals surface area contributed by atoms with E-state index in [1.165, 1.54) is 30.6 Å². The smallest absolute Gasteiger partial charge is 0.336 e. The number of benzene rings is 1. The molecule has 1 heterocycles. The summed E-state index contributed by atoms with van der Waals surface area (Å²) in [6.07, 6.45) is 2.84. The Balaban J connectivity index is 2.35. The van der Waals surface area contributed by atoms with Crippen molar-refractivity contribution in [2.75, 3.05) is 0 Å². The second kappa shape index (κ2) is 5.79. The van der Waals surface area contributed by atoms with Gasteiger partial charge >= 0.3 is 5.97 Å². The largest absolute Gasteiger partial charge is 0.478 e. The van der Waals surface area contributed by atoms with Gasteiger partial charge in [0.1, 0.15) is 0 Å². The van der Waals surface area contributed by atoms with Gasteiger partial charge in [-0.05, 0) is 23.8 Å². The minimum atomic E-state index is -2.47. The molecule has 0 bridgehead atoms. The molecule has 19 heavy (non-hydrogen) atoms. The number of halogens is 2. The fourth-order valence-electron chi connectivity index (χ4n) is 1.63. The molecule has 0 aliphatic carbocycles. The number of hydrogen-bond acceptors (Lipinski definition) is 3. The molecule has 2 rings (SSSR count). The van der Waals surface area contributed by atoms with Crippen molar-refractivity contribution in [2.45, 2.75) is 10.7 Å². The van der Waals surface area contributed by atoms with Gasteiger partial charge in [0.2, 0.25) is 0 Å². The number of aromatic nitrogens is 1. The molecule has 0 atom stereocenters. The molecule has 0 saturated heterocycles. The van der Waals surface area contributed by atoms with Gasteiger partial charge in [0.05, 0.1) is 5.56 Å². The van der Waals surface area contributed by atoms with E-state index in [2.05, 4.69) is 4.98 Å². The molecular formula is C13H9F2NO2S. The summed E-state index contributed by atoms with van der Waals surface area (Å²) in [5, 5.41) is 9.07. The minimum Gasteiger partial charge on any atom is -0.478 e. The van der Waals surface area contributed by atoms with Crippen LogP contribution in [0, 0.1) is 0 Å². The number of carbonyl (C=O) groups is 1. The maximum atomic E-state index is 12.2. The van der Waals surface area contributed by atoms with Crippen LogP contribution < -0.4 is 0 Å². The van der Waals surface area contributed by atoms with Gasteiger partial charge < -0.3 is 5.11 Å². The molecule has 6 heteroatoms. The summed E-state index contributed by atoms with van der Waals surface area (Å²) in [5.41, 5.74) is 1.22. The fourth-order valence-corrected chi connectivity index (χ4v) is 2.13. The van der Waals surface area contributed by atoms with Crippen LogP contribution >= 0.6 is 11.8 Å². The van der Waals surface area contributed by atoms with E-state index in [0.29, 0.717) is 27.8 Å². The van der Waals surface area contributed by atoms with Crippen LogP contribution in [0.25, 0.3) is 11.1 Å². The molecule has 1 aromatic carbocycles. The molecule has 2 aromatic rings. The lowest BCUT2D eigenvalue weighted by atomic mass is 10.0. The van der Waals surface area contributed by atoms with E-state index < -0.39 is 11.7 Å². The maximum Gasteiger partial charge on any atom is 0.336 e. The maximum absolute atomic E-state index is 12.2. The predicted octanol–water partition coefficient (Wildman–Crippen LogP) is 3.76. The highest BCUT2D eigenvalue weighted by molar-refractivity contribution is 7.99. The lowest BCUT2D eigenvalue weighted by molar-refractivity contribution is 0.0697. The molecule has 0 saturated carbocycles. The first kappa shape index (κ1) is 13.5. The zero-order chi connectivity index (χ0) is 13.8. The summed E-state index contributed by atoms with van der Waals surface area (Å²) < 4.78 is 24.4. The van der Waals surface area contributed by atoms with Crippen molar-refractivity contribution in [1.82, 2.24) is 4.98 Å². The van der Waals surface area contributed by atoms with Crippen molar-refractivity contribution in [2.24, 2.45) is 0 Å². The standard InChI is InChI=1S/C13H9F2NO2S/c14-13(15)19-9-3-1-8(2-4-9)11-7-16-6-5-10(11)12(17)18/h1-7,13H,(H,17,18). The summed E-state index contributed by atoms with van der Waals surface area (Å²) in [6, 6.07) is 7.68. The SMILES string of the molecule is O=C(O)c1ccncc1-c1ccc(SC(F)F)cc1. The Morgan fingerprint density at radius 3 is 2.47 bits per heavy atom. The van der Waals surface area contributed by atoms with Crippen LogP contribution in [0.15, 0.2) is 47.6 Å². The van der Waals surface area contributed by atoms with Crippen LogP contribution in [0.3, 0.4) is 0 Å². The Labute approximate surface area is 112 Å². The van der Waals surface area contributed by atoms with Crippen molar-refractivity contribution >= 4 is 17.7 Å². The molecule has 0 fully saturated rings. The molecule has 0 unspecified atom stereocenters. The lowest BCUT2D eigenvalue weighted by Crippen LogP contribution is -1.99. The fraction of sp³-hybridized carbons (Fsp3) is 0.0769. The summed E-state index contributed by atoms with van der Waals surface area (Å²) in [6.45, 7) is 0. The van der Waals surface area contributed by atoms with Crippen molar-refractivity contribution in [3.63, 3.8) is 0 Å². The monoisotopic (exact) mass is 281 g/mol. The second-order valence-electron chi connectivity index (χ2n) is 3.63. The van der Waals surface area contributed by atoms with Gasteiger partial charge in [-0.25, -0.2) is 4.79 Å². The first-order valence-electron chi connectivity index (χ1n) is 5.30. The summed E-state index contributed by atoms with van der Waals surface area (Å²) in [7, 11) is 0. The quantitative estimate of drug-likeness (QED) is 0.867. The van der Waals surface area contributed by atoms with Crippen LogP contribution in [-0.4, -0.2) is 21.8 Å². The highest BCUT2D eigenvalue weighted by Crippen LogP contribution is 2.29. The number of pyridine rings is 1. The molecule has 1 N–H and O–H groups in total. The van der Waals surface area contributed by atoms with Crippen molar-refractivity contribution in [1.29, 1.82) is 0 Å². The Bertz CT molecular complexity index is 587. The summed E-state index contributed by atoms with van der Waals surface area (Å²) in [5.74, 6) is -3.53. The Morgan fingerprint density at radius 2 is 1.89 bits per heavy atom. The van der Waals surface area contributed by atoms with Gasteiger partial charge in [0, 0.05) is 22.9 Å². The number of thioether (sulfide) groups is 1. The molecule has 0 aliphatic heterocycles. The molecular weight excluding hydrogens is 272 g/mol. The third kappa shape index (κ3) is 3.29.